The van der Waals surface area contributed by atoms with Crippen LogP contribution in [0, 0.1) is 0 Å². The quantitative estimate of drug-likeness (QED) is 0.494. The van der Waals surface area contributed by atoms with E-state index in [9.17, 15) is 20.1 Å². The number of ether oxygens (including phenoxy) is 1. The smallest absolute Gasteiger partial charge is 0.411 e. The van der Waals surface area contributed by atoms with E-state index in [2.05, 4.69) is 15.0 Å². The number of carbonyl (C=O) groups excluding carboxylic acids is 1. The number of hydrogen-bond acceptors (Lipinski definition) is 8. The topological polar surface area (TPSA) is 158 Å². The number of aliphatic hydroxyl groups excluding tert-OH is 3. The van der Waals surface area contributed by atoms with Crippen LogP contribution in [0.5, 0.6) is 0 Å². The highest BCUT2D eigenvalue weighted by Crippen LogP contribution is 2.40. The average molecular weight is 365 g/mol. The summed E-state index contributed by atoms with van der Waals surface area (Å²) >= 11 is 0. The summed E-state index contributed by atoms with van der Waals surface area (Å²) in [7, 11) is 0. The van der Waals surface area contributed by atoms with Gasteiger partial charge in [-0.25, -0.2) is 14.8 Å². The molecule has 10 nitrogen and oxygen atoms in total. The maximum atomic E-state index is 12.7. The van der Waals surface area contributed by atoms with Gasteiger partial charge in [0.1, 0.15) is 29.7 Å². The molecule has 10 heteroatoms. The highest BCUT2D eigenvalue weighted by atomic mass is 16.6. The summed E-state index contributed by atoms with van der Waals surface area (Å²) < 4.78 is 5.40. The molecule has 6 N–H and O–H groups in total. The molecule has 1 amide bonds. The lowest BCUT2D eigenvalue weighted by Gasteiger charge is -2.32. The van der Waals surface area contributed by atoms with Gasteiger partial charge < -0.3 is 30.8 Å². The van der Waals surface area contributed by atoms with Gasteiger partial charge in [-0.05, 0) is 20.8 Å². The Labute approximate surface area is 149 Å². The molecular weight excluding hydrogens is 342 g/mol. The molecule has 142 valence electrons. The number of nitrogens with two attached hydrogens (primary N) is 1. The number of nitrogen functional groups attached to an aromatic ring is 1. The molecule has 1 fully saturated rings. The number of amides is 1. The number of hydrogen-bond donors (Lipinski definition) is 5. The number of aliphatic hydroxyl groups is 3. The van der Waals surface area contributed by atoms with Crippen LogP contribution in [0.1, 0.15) is 32.4 Å². The zero-order valence-corrected chi connectivity index (χ0v) is 14.7. The molecule has 0 aliphatic carbocycles. The van der Waals surface area contributed by atoms with Gasteiger partial charge in [0, 0.05) is 11.8 Å². The predicted octanol–water partition coefficient (Wildman–Crippen LogP) is -0.0854. The fraction of sp³-hybridized carbons (Fsp3) is 0.562. The molecule has 2 aromatic rings. The molecule has 4 atom stereocenters. The van der Waals surface area contributed by atoms with Crippen LogP contribution in [0.25, 0.3) is 11.0 Å². The Kier molecular flexibility index (Phi) is 4.51. The number of H-pyrrole nitrogens is 1. The number of aromatic amines is 1. The highest BCUT2D eigenvalue weighted by Gasteiger charge is 2.52. The summed E-state index contributed by atoms with van der Waals surface area (Å²) in [6.07, 6.45) is -0.619. The molecule has 1 aliphatic rings. The second-order valence-electron chi connectivity index (χ2n) is 7.29. The second-order valence-corrected chi connectivity index (χ2v) is 7.29. The number of fused-ring (bicyclic) bond motifs is 1. The van der Waals surface area contributed by atoms with E-state index in [0.29, 0.717) is 16.6 Å². The third-order valence-electron chi connectivity index (χ3n) is 4.36. The number of nitrogens with zero attached hydrogens (tertiary/aromatic N) is 3. The number of anilines is 1. The Morgan fingerprint density at radius 2 is 2.04 bits per heavy atom. The fourth-order valence-electron chi connectivity index (χ4n) is 3.25. The van der Waals surface area contributed by atoms with Crippen molar-refractivity contribution in [3.05, 3.63) is 18.1 Å². The molecule has 1 aliphatic heterocycles. The number of nitrogens with one attached hydrogen (secondary N) is 1. The first kappa shape index (κ1) is 18.4. The van der Waals surface area contributed by atoms with Gasteiger partial charge in [0.15, 0.2) is 5.82 Å². The predicted molar refractivity (Wildman–Crippen MR) is 92.0 cm³/mol. The first-order valence-corrected chi connectivity index (χ1v) is 8.21. The van der Waals surface area contributed by atoms with E-state index in [1.807, 2.05) is 0 Å². The summed E-state index contributed by atoms with van der Waals surface area (Å²) in [4.78, 5) is 24.9. The van der Waals surface area contributed by atoms with Gasteiger partial charge in [0.25, 0.3) is 0 Å². The minimum absolute atomic E-state index is 0.219. The minimum Gasteiger partial charge on any atom is -0.444 e. The molecule has 0 aromatic carbocycles. The van der Waals surface area contributed by atoms with Crippen molar-refractivity contribution in [2.24, 2.45) is 0 Å². The number of aromatic nitrogens is 3. The second kappa shape index (κ2) is 6.38. The van der Waals surface area contributed by atoms with Crippen molar-refractivity contribution in [2.75, 3.05) is 12.3 Å². The van der Waals surface area contributed by atoms with Crippen LogP contribution in [0.15, 0.2) is 12.5 Å². The number of rotatable bonds is 2. The Morgan fingerprint density at radius 1 is 1.35 bits per heavy atom. The van der Waals surface area contributed by atoms with Gasteiger partial charge in [-0.15, -0.1) is 0 Å². The van der Waals surface area contributed by atoms with Gasteiger partial charge >= 0.3 is 6.09 Å². The maximum absolute atomic E-state index is 12.7. The lowest BCUT2D eigenvalue weighted by atomic mass is 10.0. The molecule has 1 saturated heterocycles. The van der Waals surface area contributed by atoms with Gasteiger partial charge in [0.05, 0.1) is 24.2 Å². The summed E-state index contributed by atoms with van der Waals surface area (Å²) in [6.45, 7) is 4.58. The SMILES string of the molecule is CC(C)(C)OC(=O)N1[C@H](CO)[C@@H](O)[C@@H](O)[C@@H]1c1c[nH]c2c(N)ncnc12. The van der Waals surface area contributed by atoms with E-state index >= 15 is 0 Å². The molecule has 0 saturated carbocycles. The minimum atomic E-state index is -1.35. The Balaban J connectivity index is 2.09. The summed E-state index contributed by atoms with van der Waals surface area (Å²) in [5.74, 6) is 0.219. The maximum Gasteiger partial charge on any atom is 0.411 e. The van der Waals surface area contributed by atoms with Crippen molar-refractivity contribution in [1.29, 1.82) is 0 Å². The normalized spacial score (nSPS) is 26.5. The van der Waals surface area contributed by atoms with E-state index in [0.717, 1.165) is 4.90 Å². The van der Waals surface area contributed by atoms with Gasteiger partial charge in [-0.2, -0.15) is 0 Å². The first-order valence-electron chi connectivity index (χ1n) is 8.21. The average Bonchev–Trinajstić information content (AvgIpc) is 3.07. The molecule has 3 heterocycles. The lowest BCUT2D eigenvalue weighted by Crippen LogP contribution is -2.45. The summed E-state index contributed by atoms with van der Waals surface area (Å²) in [5, 5.41) is 30.6. The number of likely N-dealkylation sites (tertiary alicyclic amines) is 1. The van der Waals surface area contributed by atoms with Crippen molar-refractivity contribution >= 4 is 22.9 Å². The fourth-order valence-corrected chi connectivity index (χ4v) is 3.25. The Hall–Kier alpha value is -2.43. The molecule has 26 heavy (non-hydrogen) atoms. The van der Waals surface area contributed by atoms with E-state index in [1.165, 1.54) is 6.33 Å². The first-order chi connectivity index (χ1) is 12.2. The van der Waals surface area contributed by atoms with Crippen LogP contribution in [0.3, 0.4) is 0 Å². The zero-order valence-electron chi connectivity index (χ0n) is 14.7. The molecule has 3 rings (SSSR count). The monoisotopic (exact) mass is 365 g/mol. The highest BCUT2D eigenvalue weighted by molar-refractivity contribution is 5.88. The Bertz CT molecular complexity index is 817. The van der Waals surface area contributed by atoms with Crippen LogP contribution in [0.2, 0.25) is 0 Å². The van der Waals surface area contributed by atoms with Gasteiger partial charge in [-0.1, -0.05) is 0 Å². The van der Waals surface area contributed by atoms with Crippen LogP contribution >= 0.6 is 0 Å². The Morgan fingerprint density at radius 3 is 2.65 bits per heavy atom. The van der Waals surface area contributed by atoms with Crippen LogP contribution in [-0.4, -0.2) is 71.7 Å². The molecule has 0 unspecified atom stereocenters. The third kappa shape index (κ3) is 2.96. The summed E-state index contributed by atoms with van der Waals surface area (Å²) in [6, 6.07) is -1.99. The largest absolute Gasteiger partial charge is 0.444 e. The molecular formula is C16H23N5O5. The van der Waals surface area contributed by atoms with Gasteiger partial charge in [0.2, 0.25) is 0 Å². The lowest BCUT2D eigenvalue weighted by molar-refractivity contribution is -0.000805. The van der Waals surface area contributed by atoms with Gasteiger partial charge in [-0.3, -0.25) is 4.90 Å². The molecule has 2 aromatic heterocycles. The molecule has 0 radical (unpaired) electrons. The van der Waals surface area contributed by atoms with Crippen LogP contribution in [0.4, 0.5) is 10.6 Å². The van der Waals surface area contributed by atoms with E-state index in [-0.39, 0.29) is 5.82 Å². The molecule has 0 bridgehead atoms. The van der Waals surface area contributed by atoms with Crippen molar-refractivity contribution in [2.45, 2.75) is 50.7 Å². The standard InChI is InChI=1S/C16H23N5O5/c1-16(2,3)26-15(25)21-8(5-22)12(23)13(24)11(21)7-4-18-10-9(7)19-6-20-14(10)17/h4,6,8,11-13,18,22-24H,5H2,1-3H3,(H2,17,19,20)/t8-,11+,12-,13+/m1/s1. The van der Waals surface area contributed by atoms with Crippen molar-refractivity contribution in [3.8, 4) is 0 Å². The van der Waals surface area contributed by atoms with E-state index in [4.69, 9.17) is 10.5 Å². The summed E-state index contributed by atoms with van der Waals surface area (Å²) in [5.41, 5.74) is 6.36. The molecule has 0 spiro atoms. The van der Waals surface area contributed by atoms with Crippen LogP contribution < -0.4 is 5.73 Å². The van der Waals surface area contributed by atoms with Crippen molar-refractivity contribution in [1.82, 2.24) is 19.9 Å². The zero-order chi connectivity index (χ0) is 19.2. The van der Waals surface area contributed by atoms with E-state index < -0.39 is 42.6 Å². The van der Waals surface area contributed by atoms with Crippen molar-refractivity contribution < 1.29 is 24.9 Å². The van der Waals surface area contributed by atoms with E-state index in [1.54, 1.807) is 27.0 Å². The van der Waals surface area contributed by atoms with Crippen LogP contribution in [-0.2, 0) is 4.74 Å². The number of carbonyl (C=O) groups is 1. The third-order valence-corrected chi connectivity index (χ3v) is 4.36. The van der Waals surface area contributed by atoms with Crippen molar-refractivity contribution in [3.63, 3.8) is 0 Å².